The fourth-order valence-corrected chi connectivity index (χ4v) is 2.92. The third kappa shape index (κ3) is 2.52. The molecule has 1 aliphatic carbocycles. The number of fused-ring (bicyclic) bond motifs is 1. The van der Waals surface area contributed by atoms with Crippen LogP contribution in [0.5, 0.6) is 11.5 Å². The predicted octanol–water partition coefficient (Wildman–Crippen LogP) is 2.84. The van der Waals surface area contributed by atoms with E-state index < -0.39 is 0 Å². The molecule has 0 spiro atoms. The third-order valence-corrected chi connectivity index (χ3v) is 4.26. The van der Waals surface area contributed by atoms with Crippen molar-refractivity contribution in [2.45, 2.75) is 18.9 Å². The van der Waals surface area contributed by atoms with Crippen molar-refractivity contribution in [3.63, 3.8) is 0 Å². The van der Waals surface area contributed by atoms with E-state index in [1.54, 1.807) is 0 Å². The number of rotatable bonds is 4. The minimum atomic E-state index is 0.108. The van der Waals surface area contributed by atoms with Crippen molar-refractivity contribution in [2.75, 3.05) is 6.79 Å². The number of hydrogen-bond donors (Lipinski definition) is 1. The van der Waals surface area contributed by atoms with Gasteiger partial charge in [-0.15, -0.1) is 0 Å². The number of carbonyl (C=O) groups is 1. The molecule has 1 aliphatic heterocycles. The Balaban J connectivity index is 1.34. The van der Waals surface area contributed by atoms with Gasteiger partial charge in [-0.1, -0.05) is 36.4 Å². The summed E-state index contributed by atoms with van der Waals surface area (Å²) in [5, 5.41) is 3.02. The first-order valence-corrected chi connectivity index (χ1v) is 7.52. The Hall–Kier alpha value is -2.49. The van der Waals surface area contributed by atoms with Crippen LogP contribution in [0, 0.1) is 5.92 Å². The molecular formula is C18H17NO3. The molecule has 2 aromatic rings. The highest BCUT2D eigenvalue weighted by atomic mass is 16.7. The maximum atomic E-state index is 12.2. The molecule has 112 valence electrons. The molecule has 2 aromatic carbocycles. The lowest BCUT2D eigenvalue weighted by atomic mass is 10.1. The van der Waals surface area contributed by atoms with Crippen LogP contribution in [0.1, 0.15) is 23.5 Å². The smallest absolute Gasteiger partial charge is 0.231 e. The molecule has 1 amide bonds. The summed E-state index contributed by atoms with van der Waals surface area (Å²) in [6, 6.07) is 16.0. The Labute approximate surface area is 129 Å². The summed E-state index contributed by atoms with van der Waals surface area (Å²) in [4.78, 5) is 12.2. The Morgan fingerprint density at radius 1 is 1.09 bits per heavy atom. The second-order valence-electron chi connectivity index (χ2n) is 5.76. The molecule has 1 saturated carbocycles. The molecule has 1 heterocycles. The van der Waals surface area contributed by atoms with Gasteiger partial charge in [0.25, 0.3) is 0 Å². The summed E-state index contributed by atoms with van der Waals surface area (Å²) in [6.07, 6.45) is 0.941. The summed E-state index contributed by atoms with van der Waals surface area (Å²) < 4.78 is 10.6. The molecule has 0 bridgehead atoms. The SMILES string of the molecule is O=C(NCc1ccc2c(c1)OCO2)C1CC1c1ccccc1. The first-order valence-electron chi connectivity index (χ1n) is 7.52. The van der Waals surface area contributed by atoms with Crippen LogP contribution in [0.15, 0.2) is 48.5 Å². The van der Waals surface area contributed by atoms with Gasteiger partial charge in [0.1, 0.15) is 0 Å². The lowest BCUT2D eigenvalue weighted by molar-refractivity contribution is -0.122. The van der Waals surface area contributed by atoms with Crippen molar-refractivity contribution in [3.8, 4) is 11.5 Å². The van der Waals surface area contributed by atoms with Crippen LogP contribution < -0.4 is 14.8 Å². The second kappa shape index (κ2) is 5.37. The number of hydrogen-bond acceptors (Lipinski definition) is 3. The summed E-state index contributed by atoms with van der Waals surface area (Å²) in [6.45, 7) is 0.791. The van der Waals surface area contributed by atoms with E-state index in [1.807, 2.05) is 36.4 Å². The van der Waals surface area contributed by atoms with Crippen molar-refractivity contribution in [3.05, 3.63) is 59.7 Å². The second-order valence-corrected chi connectivity index (χ2v) is 5.76. The molecule has 0 aromatic heterocycles. The van der Waals surface area contributed by atoms with Gasteiger partial charge in [0.05, 0.1) is 0 Å². The largest absolute Gasteiger partial charge is 0.454 e. The predicted molar refractivity (Wildman–Crippen MR) is 81.7 cm³/mol. The van der Waals surface area contributed by atoms with Crippen LogP contribution in [0.2, 0.25) is 0 Å². The lowest BCUT2D eigenvalue weighted by Gasteiger charge is -2.06. The molecule has 1 fully saturated rings. The average Bonchev–Trinajstić information content (AvgIpc) is 3.23. The van der Waals surface area contributed by atoms with E-state index in [-0.39, 0.29) is 18.6 Å². The number of ether oxygens (including phenoxy) is 2. The molecule has 2 atom stereocenters. The number of benzene rings is 2. The van der Waals surface area contributed by atoms with Crippen molar-refractivity contribution in [2.24, 2.45) is 5.92 Å². The highest BCUT2D eigenvalue weighted by molar-refractivity contribution is 5.82. The lowest BCUT2D eigenvalue weighted by Crippen LogP contribution is -2.24. The minimum absolute atomic E-state index is 0.108. The van der Waals surface area contributed by atoms with Gasteiger partial charge in [-0.25, -0.2) is 0 Å². The van der Waals surface area contributed by atoms with E-state index in [0.29, 0.717) is 12.5 Å². The van der Waals surface area contributed by atoms with Gasteiger partial charge < -0.3 is 14.8 Å². The zero-order chi connectivity index (χ0) is 14.9. The minimum Gasteiger partial charge on any atom is -0.454 e. The summed E-state index contributed by atoms with van der Waals surface area (Å²) in [7, 11) is 0. The Bertz CT molecular complexity index is 699. The van der Waals surface area contributed by atoms with Crippen molar-refractivity contribution in [1.82, 2.24) is 5.32 Å². The number of nitrogens with one attached hydrogen (secondary N) is 1. The van der Waals surface area contributed by atoms with Crippen LogP contribution in [0.25, 0.3) is 0 Å². The van der Waals surface area contributed by atoms with Crippen molar-refractivity contribution < 1.29 is 14.3 Å². The standard InChI is InChI=1S/C18H17NO3/c20-18(15-9-14(15)13-4-2-1-3-5-13)19-10-12-6-7-16-17(8-12)22-11-21-16/h1-8,14-15H,9-11H2,(H,19,20). The zero-order valence-corrected chi connectivity index (χ0v) is 12.1. The first-order chi connectivity index (χ1) is 10.8. The molecule has 0 radical (unpaired) electrons. The zero-order valence-electron chi connectivity index (χ0n) is 12.1. The summed E-state index contributed by atoms with van der Waals surface area (Å²) in [5.41, 5.74) is 2.28. The van der Waals surface area contributed by atoms with Crippen LogP contribution >= 0.6 is 0 Å². The Morgan fingerprint density at radius 2 is 1.91 bits per heavy atom. The maximum Gasteiger partial charge on any atom is 0.231 e. The quantitative estimate of drug-likeness (QED) is 0.943. The highest BCUT2D eigenvalue weighted by Crippen LogP contribution is 2.47. The molecular weight excluding hydrogens is 278 g/mol. The van der Waals surface area contributed by atoms with E-state index in [1.165, 1.54) is 5.56 Å². The van der Waals surface area contributed by atoms with E-state index in [0.717, 1.165) is 23.5 Å². The molecule has 1 N–H and O–H groups in total. The van der Waals surface area contributed by atoms with Gasteiger partial charge >= 0.3 is 0 Å². The molecule has 22 heavy (non-hydrogen) atoms. The van der Waals surface area contributed by atoms with Crippen LogP contribution in [0.3, 0.4) is 0 Å². The summed E-state index contributed by atoms with van der Waals surface area (Å²) >= 11 is 0. The van der Waals surface area contributed by atoms with Crippen LogP contribution in [0.4, 0.5) is 0 Å². The normalized spacial score (nSPS) is 21.5. The number of carbonyl (C=O) groups excluding carboxylic acids is 1. The van der Waals surface area contributed by atoms with Crippen LogP contribution in [-0.2, 0) is 11.3 Å². The van der Waals surface area contributed by atoms with Gasteiger partial charge in [0.15, 0.2) is 11.5 Å². The monoisotopic (exact) mass is 295 g/mol. The van der Waals surface area contributed by atoms with Gasteiger partial charge in [0, 0.05) is 12.5 Å². The molecule has 0 saturated heterocycles. The van der Waals surface area contributed by atoms with E-state index in [9.17, 15) is 4.79 Å². The van der Waals surface area contributed by atoms with Gasteiger partial charge in [-0.2, -0.15) is 0 Å². The molecule has 4 rings (SSSR count). The Kier molecular flexibility index (Phi) is 3.22. The van der Waals surface area contributed by atoms with Gasteiger partial charge in [0.2, 0.25) is 12.7 Å². The average molecular weight is 295 g/mol. The Morgan fingerprint density at radius 3 is 2.77 bits per heavy atom. The van der Waals surface area contributed by atoms with E-state index >= 15 is 0 Å². The van der Waals surface area contributed by atoms with E-state index in [2.05, 4.69) is 17.4 Å². The maximum absolute atomic E-state index is 12.2. The first kappa shape index (κ1) is 13.2. The number of amides is 1. The fourth-order valence-electron chi connectivity index (χ4n) is 2.92. The van der Waals surface area contributed by atoms with E-state index in [4.69, 9.17) is 9.47 Å². The topological polar surface area (TPSA) is 47.6 Å². The highest BCUT2D eigenvalue weighted by Gasteiger charge is 2.43. The molecule has 4 heteroatoms. The van der Waals surface area contributed by atoms with Crippen molar-refractivity contribution >= 4 is 5.91 Å². The van der Waals surface area contributed by atoms with Gasteiger partial charge in [-0.3, -0.25) is 4.79 Å². The van der Waals surface area contributed by atoms with Crippen LogP contribution in [-0.4, -0.2) is 12.7 Å². The molecule has 2 aliphatic rings. The van der Waals surface area contributed by atoms with Crippen molar-refractivity contribution in [1.29, 1.82) is 0 Å². The molecule has 4 nitrogen and oxygen atoms in total. The third-order valence-electron chi connectivity index (χ3n) is 4.26. The van der Waals surface area contributed by atoms with Gasteiger partial charge in [-0.05, 0) is 35.6 Å². The molecule has 2 unspecified atom stereocenters. The fraction of sp³-hybridized carbons (Fsp3) is 0.278. The summed E-state index contributed by atoms with van der Waals surface area (Å²) in [5.74, 6) is 2.13.